The SMILES string of the molecule is O=C(NCCc1ccc(Cl)cc1)c1ccccc1NS(=O)(=O)c1ccc2[nH]c(=O)[nH]c2c1. The van der Waals surface area contributed by atoms with Gasteiger partial charge in [-0.15, -0.1) is 0 Å². The molecule has 3 aromatic carbocycles. The number of carbonyl (C=O) groups is 1. The van der Waals surface area contributed by atoms with Crippen LogP contribution in [0.1, 0.15) is 15.9 Å². The van der Waals surface area contributed by atoms with E-state index in [0.29, 0.717) is 29.0 Å². The zero-order valence-electron chi connectivity index (χ0n) is 16.7. The Morgan fingerprint density at radius 3 is 2.44 bits per heavy atom. The molecule has 1 amide bonds. The zero-order valence-corrected chi connectivity index (χ0v) is 18.3. The van der Waals surface area contributed by atoms with Gasteiger partial charge in [0.05, 0.1) is 27.2 Å². The second-order valence-corrected chi connectivity index (χ2v) is 9.19. The molecule has 0 unspecified atom stereocenters. The van der Waals surface area contributed by atoms with Crippen molar-refractivity contribution in [1.29, 1.82) is 0 Å². The van der Waals surface area contributed by atoms with Crippen molar-refractivity contribution in [3.05, 3.63) is 93.4 Å². The third kappa shape index (κ3) is 4.84. The number of para-hydroxylation sites is 1. The highest BCUT2D eigenvalue weighted by molar-refractivity contribution is 7.92. The first-order chi connectivity index (χ1) is 15.3. The second kappa shape index (κ2) is 8.89. The number of halogens is 1. The number of anilines is 1. The largest absolute Gasteiger partial charge is 0.352 e. The molecule has 0 aliphatic rings. The molecule has 0 saturated heterocycles. The maximum Gasteiger partial charge on any atom is 0.323 e. The predicted octanol–water partition coefficient (Wildman–Crippen LogP) is 3.28. The lowest BCUT2D eigenvalue weighted by Crippen LogP contribution is -2.27. The monoisotopic (exact) mass is 470 g/mol. The molecule has 4 aromatic rings. The number of carbonyl (C=O) groups excluding carboxylic acids is 1. The normalized spacial score (nSPS) is 11.4. The molecule has 0 aliphatic heterocycles. The molecule has 1 aromatic heterocycles. The number of benzene rings is 3. The van der Waals surface area contributed by atoms with Crippen LogP contribution in [0.2, 0.25) is 5.02 Å². The number of fused-ring (bicyclic) bond motifs is 1. The minimum Gasteiger partial charge on any atom is -0.352 e. The number of aromatic amines is 2. The number of hydrogen-bond donors (Lipinski definition) is 4. The molecule has 10 heteroatoms. The molecule has 0 aliphatic carbocycles. The van der Waals surface area contributed by atoms with E-state index in [0.717, 1.165) is 5.56 Å². The van der Waals surface area contributed by atoms with Crippen molar-refractivity contribution in [2.75, 3.05) is 11.3 Å². The number of sulfonamides is 1. The van der Waals surface area contributed by atoms with Gasteiger partial charge in [-0.3, -0.25) is 9.52 Å². The van der Waals surface area contributed by atoms with Crippen LogP contribution in [0, 0.1) is 0 Å². The summed E-state index contributed by atoms with van der Waals surface area (Å²) < 4.78 is 28.3. The van der Waals surface area contributed by atoms with Gasteiger partial charge in [0, 0.05) is 11.6 Å². The number of nitrogens with one attached hydrogen (secondary N) is 4. The van der Waals surface area contributed by atoms with Crippen LogP contribution in [0.5, 0.6) is 0 Å². The maximum absolute atomic E-state index is 12.9. The fraction of sp³-hybridized carbons (Fsp3) is 0.0909. The zero-order chi connectivity index (χ0) is 22.7. The van der Waals surface area contributed by atoms with Crippen LogP contribution in [0.3, 0.4) is 0 Å². The lowest BCUT2D eigenvalue weighted by atomic mass is 10.1. The van der Waals surface area contributed by atoms with Gasteiger partial charge in [-0.25, -0.2) is 13.2 Å². The molecule has 1 heterocycles. The third-order valence-corrected chi connectivity index (χ3v) is 6.44. The Bertz CT molecular complexity index is 1440. The summed E-state index contributed by atoms with van der Waals surface area (Å²) in [6.07, 6.45) is 0.603. The van der Waals surface area contributed by atoms with Crippen molar-refractivity contribution in [2.24, 2.45) is 0 Å². The summed E-state index contributed by atoms with van der Waals surface area (Å²) in [6, 6.07) is 17.9. The Morgan fingerprint density at radius 1 is 0.938 bits per heavy atom. The minimum atomic E-state index is -4.00. The molecule has 0 atom stereocenters. The van der Waals surface area contributed by atoms with Gasteiger partial charge < -0.3 is 15.3 Å². The molecule has 0 saturated carbocycles. The maximum atomic E-state index is 12.9. The molecule has 0 spiro atoms. The van der Waals surface area contributed by atoms with Crippen molar-refractivity contribution in [3.63, 3.8) is 0 Å². The first kappa shape index (κ1) is 21.7. The van der Waals surface area contributed by atoms with E-state index in [1.165, 1.54) is 24.3 Å². The molecule has 32 heavy (non-hydrogen) atoms. The predicted molar refractivity (Wildman–Crippen MR) is 124 cm³/mol. The highest BCUT2D eigenvalue weighted by Gasteiger charge is 2.19. The lowest BCUT2D eigenvalue weighted by molar-refractivity contribution is 0.0955. The van der Waals surface area contributed by atoms with Crippen LogP contribution in [-0.2, 0) is 16.4 Å². The van der Waals surface area contributed by atoms with E-state index in [2.05, 4.69) is 20.0 Å². The topological polar surface area (TPSA) is 124 Å². The van der Waals surface area contributed by atoms with Crippen LogP contribution in [-0.4, -0.2) is 30.8 Å². The number of imidazole rings is 1. The third-order valence-electron chi connectivity index (χ3n) is 4.83. The molecule has 164 valence electrons. The highest BCUT2D eigenvalue weighted by atomic mass is 35.5. The van der Waals surface area contributed by atoms with E-state index in [4.69, 9.17) is 11.6 Å². The fourth-order valence-electron chi connectivity index (χ4n) is 3.22. The summed E-state index contributed by atoms with van der Waals surface area (Å²) in [5, 5.41) is 3.44. The van der Waals surface area contributed by atoms with E-state index in [-0.39, 0.29) is 16.1 Å². The smallest absolute Gasteiger partial charge is 0.323 e. The summed E-state index contributed by atoms with van der Waals surface area (Å²) in [6.45, 7) is 0.374. The average Bonchev–Trinajstić information content (AvgIpc) is 3.14. The summed E-state index contributed by atoms with van der Waals surface area (Å²) in [4.78, 5) is 29.2. The molecule has 0 bridgehead atoms. The standard InChI is InChI=1S/C22H19ClN4O4S/c23-15-7-5-14(6-8-15)11-12-24-21(28)17-3-1-2-4-18(17)27-32(30,31)16-9-10-19-20(13-16)26-22(29)25-19/h1-10,13,27H,11-12H2,(H,24,28)(H2,25,26,29). The Balaban J connectivity index is 1.49. The Labute approximate surface area is 188 Å². The Hall–Kier alpha value is -3.56. The quantitative estimate of drug-likeness (QED) is 0.331. The van der Waals surface area contributed by atoms with Gasteiger partial charge in [0.2, 0.25) is 0 Å². The molecular formula is C22H19ClN4O4S. The van der Waals surface area contributed by atoms with E-state index in [1.54, 1.807) is 30.3 Å². The highest BCUT2D eigenvalue weighted by Crippen LogP contribution is 2.22. The summed E-state index contributed by atoms with van der Waals surface area (Å²) >= 11 is 5.88. The molecule has 0 fully saturated rings. The molecular weight excluding hydrogens is 452 g/mol. The van der Waals surface area contributed by atoms with Crippen LogP contribution in [0.15, 0.2) is 76.4 Å². The first-order valence-electron chi connectivity index (χ1n) is 9.68. The van der Waals surface area contributed by atoms with Gasteiger partial charge in [0.15, 0.2) is 0 Å². The van der Waals surface area contributed by atoms with Crippen molar-refractivity contribution >= 4 is 44.3 Å². The van der Waals surface area contributed by atoms with E-state index in [1.807, 2.05) is 12.1 Å². The van der Waals surface area contributed by atoms with Crippen molar-refractivity contribution in [3.8, 4) is 0 Å². The fourth-order valence-corrected chi connectivity index (χ4v) is 4.45. The van der Waals surface area contributed by atoms with Crippen LogP contribution < -0.4 is 15.7 Å². The van der Waals surface area contributed by atoms with Crippen LogP contribution >= 0.6 is 11.6 Å². The summed E-state index contributed by atoms with van der Waals surface area (Å²) in [7, 11) is -4.00. The van der Waals surface area contributed by atoms with Gasteiger partial charge in [0.25, 0.3) is 15.9 Å². The van der Waals surface area contributed by atoms with E-state index >= 15 is 0 Å². The summed E-state index contributed by atoms with van der Waals surface area (Å²) in [5.74, 6) is -0.400. The lowest BCUT2D eigenvalue weighted by Gasteiger charge is -2.13. The van der Waals surface area contributed by atoms with Gasteiger partial charge in [0.1, 0.15) is 0 Å². The van der Waals surface area contributed by atoms with Gasteiger partial charge >= 0.3 is 5.69 Å². The Morgan fingerprint density at radius 2 is 1.66 bits per heavy atom. The number of aromatic nitrogens is 2. The number of amides is 1. The van der Waals surface area contributed by atoms with Crippen LogP contribution in [0.25, 0.3) is 11.0 Å². The molecule has 4 rings (SSSR count). The molecule has 0 radical (unpaired) electrons. The number of H-pyrrole nitrogens is 2. The number of hydrogen-bond acceptors (Lipinski definition) is 4. The van der Waals surface area contributed by atoms with E-state index < -0.39 is 21.6 Å². The van der Waals surface area contributed by atoms with Crippen molar-refractivity contribution in [2.45, 2.75) is 11.3 Å². The van der Waals surface area contributed by atoms with Gasteiger partial charge in [-0.1, -0.05) is 35.9 Å². The Kier molecular flexibility index (Phi) is 6.02. The van der Waals surface area contributed by atoms with Gasteiger partial charge in [-0.2, -0.15) is 0 Å². The van der Waals surface area contributed by atoms with Crippen LogP contribution in [0.4, 0.5) is 5.69 Å². The molecule has 8 nitrogen and oxygen atoms in total. The molecule has 4 N–H and O–H groups in total. The van der Waals surface area contributed by atoms with Crippen molar-refractivity contribution in [1.82, 2.24) is 15.3 Å². The van der Waals surface area contributed by atoms with Gasteiger partial charge in [-0.05, 0) is 54.4 Å². The average molecular weight is 471 g/mol. The first-order valence-corrected chi connectivity index (χ1v) is 11.5. The van der Waals surface area contributed by atoms with Crippen molar-refractivity contribution < 1.29 is 13.2 Å². The summed E-state index contributed by atoms with van der Waals surface area (Å²) in [5.41, 5.74) is 1.80. The second-order valence-electron chi connectivity index (χ2n) is 7.07. The number of rotatable bonds is 7. The minimum absolute atomic E-state index is 0.0433. The van der Waals surface area contributed by atoms with E-state index in [9.17, 15) is 18.0 Å².